The van der Waals surface area contributed by atoms with Gasteiger partial charge in [0, 0.05) is 19.2 Å². The molecule has 1 N–H and O–H groups in total. The Morgan fingerprint density at radius 3 is 2.31 bits per heavy atom. The molecule has 0 aliphatic carbocycles. The van der Waals surface area contributed by atoms with Gasteiger partial charge in [-0.3, -0.25) is 9.59 Å². The van der Waals surface area contributed by atoms with Gasteiger partial charge in [-0.15, -0.1) is 0 Å². The Morgan fingerprint density at radius 2 is 1.72 bits per heavy atom. The van der Waals surface area contributed by atoms with E-state index in [2.05, 4.69) is 0 Å². The van der Waals surface area contributed by atoms with E-state index in [9.17, 15) is 14.7 Å². The van der Waals surface area contributed by atoms with Crippen LogP contribution in [0.1, 0.15) is 29.7 Å². The van der Waals surface area contributed by atoms with Gasteiger partial charge in [0.15, 0.2) is 0 Å². The maximum absolute atomic E-state index is 12.8. The predicted octanol–water partition coefficient (Wildman–Crippen LogP) is 3.46. The number of benzene rings is 2. The molecule has 3 rings (SSSR count). The number of aliphatic hydroxyl groups is 1. The van der Waals surface area contributed by atoms with Gasteiger partial charge < -0.3 is 19.5 Å². The highest BCUT2D eigenvalue weighted by Gasteiger charge is 2.45. The molecule has 1 aliphatic heterocycles. The van der Waals surface area contributed by atoms with Gasteiger partial charge in [0.25, 0.3) is 11.7 Å². The maximum Gasteiger partial charge on any atom is 0.295 e. The summed E-state index contributed by atoms with van der Waals surface area (Å²) in [6.45, 7) is 4.92. The number of amides is 1. The van der Waals surface area contributed by atoms with Crippen LogP contribution in [0.25, 0.3) is 5.76 Å². The number of nitrogens with zero attached hydrogens (tertiary/aromatic N) is 1. The van der Waals surface area contributed by atoms with E-state index in [-0.39, 0.29) is 17.9 Å². The molecule has 29 heavy (non-hydrogen) atoms. The van der Waals surface area contributed by atoms with E-state index in [1.807, 2.05) is 38.1 Å². The third-order valence-corrected chi connectivity index (χ3v) is 4.91. The Kier molecular flexibility index (Phi) is 6.34. The number of likely N-dealkylation sites (tertiary alicyclic amines) is 1. The number of carbonyl (C=O) groups is 2. The van der Waals surface area contributed by atoms with Crippen molar-refractivity contribution in [2.45, 2.75) is 19.9 Å². The van der Waals surface area contributed by atoms with Crippen LogP contribution in [0, 0.1) is 6.92 Å². The zero-order chi connectivity index (χ0) is 21.0. The first-order valence-corrected chi connectivity index (χ1v) is 9.55. The van der Waals surface area contributed by atoms with Crippen LogP contribution in [0.15, 0.2) is 54.1 Å². The predicted molar refractivity (Wildman–Crippen MR) is 110 cm³/mol. The highest BCUT2D eigenvalue weighted by Crippen LogP contribution is 2.39. The van der Waals surface area contributed by atoms with E-state index in [1.54, 1.807) is 24.3 Å². The second kappa shape index (κ2) is 8.92. The van der Waals surface area contributed by atoms with Crippen LogP contribution in [-0.2, 0) is 14.3 Å². The molecule has 1 aliphatic rings. The van der Waals surface area contributed by atoms with Crippen molar-refractivity contribution < 1.29 is 24.2 Å². The van der Waals surface area contributed by atoms with Crippen molar-refractivity contribution in [2.24, 2.45) is 0 Å². The summed E-state index contributed by atoms with van der Waals surface area (Å²) in [5, 5.41) is 11.0. The lowest BCUT2D eigenvalue weighted by Gasteiger charge is -2.25. The number of ketones is 1. The third-order valence-electron chi connectivity index (χ3n) is 4.91. The molecule has 0 bridgehead atoms. The van der Waals surface area contributed by atoms with Gasteiger partial charge in [-0.1, -0.05) is 29.8 Å². The summed E-state index contributed by atoms with van der Waals surface area (Å²) in [4.78, 5) is 27.0. The molecule has 0 aromatic heterocycles. The molecule has 6 heteroatoms. The number of carbonyl (C=O) groups excluding carboxylic acids is 2. The summed E-state index contributed by atoms with van der Waals surface area (Å²) >= 11 is 0. The van der Waals surface area contributed by atoms with Gasteiger partial charge in [0.05, 0.1) is 24.8 Å². The fourth-order valence-electron chi connectivity index (χ4n) is 3.43. The largest absolute Gasteiger partial charge is 0.507 e. The molecular formula is C23H25NO5. The fourth-order valence-corrected chi connectivity index (χ4v) is 3.43. The molecule has 1 amide bonds. The van der Waals surface area contributed by atoms with Crippen LogP contribution in [0.5, 0.6) is 5.75 Å². The minimum absolute atomic E-state index is 0.0825. The number of ether oxygens (including phenoxy) is 2. The lowest BCUT2D eigenvalue weighted by atomic mass is 9.94. The van der Waals surface area contributed by atoms with Crippen LogP contribution in [0.4, 0.5) is 0 Å². The number of aryl methyl sites for hydroxylation is 1. The van der Waals surface area contributed by atoms with Crippen molar-refractivity contribution >= 4 is 17.4 Å². The average molecular weight is 395 g/mol. The lowest BCUT2D eigenvalue weighted by Crippen LogP contribution is -2.32. The molecule has 2 aromatic rings. The number of methoxy groups -OCH3 is 1. The molecule has 2 aromatic carbocycles. The molecule has 1 fully saturated rings. The molecule has 0 radical (unpaired) electrons. The Morgan fingerprint density at radius 1 is 1.07 bits per heavy atom. The maximum atomic E-state index is 12.8. The standard InChI is InChI=1S/C23H25NO5/c1-4-29-18-11-9-17(10-12-18)21(25)19-20(16-7-5-15(2)6-8-16)24(13-14-28-3)23(27)22(19)26/h5-12,20,25H,4,13-14H2,1-3H3/b21-19+/t20-/m0/s1. The lowest BCUT2D eigenvalue weighted by molar-refractivity contribution is -0.140. The van der Waals surface area contributed by atoms with Gasteiger partial charge in [-0.2, -0.15) is 0 Å². The Balaban J connectivity index is 2.09. The summed E-state index contributed by atoms with van der Waals surface area (Å²) in [6, 6.07) is 13.7. The molecule has 0 saturated carbocycles. The van der Waals surface area contributed by atoms with Crippen molar-refractivity contribution in [3.8, 4) is 5.75 Å². The zero-order valence-corrected chi connectivity index (χ0v) is 16.8. The molecule has 6 nitrogen and oxygen atoms in total. The molecule has 1 atom stereocenters. The molecule has 0 spiro atoms. The highest BCUT2D eigenvalue weighted by molar-refractivity contribution is 6.46. The Hall–Kier alpha value is -3.12. The Bertz CT molecular complexity index is 915. The Labute approximate surface area is 170 Å². The molecule has 0 unspecified atom stereocenters. The van der Waals surface area contributed by atoms with Gasteiger partial charge in [0.1, 0.15) is 11.5 Å². The summed E-state index contributed by atoms with van der Waals surface area (Å²) in [7, 11) is 1.54. The topological polar surface area (TPSA) is 76.1 Å². The van der Waals surface area contributed by atoms with Crippen LogP contribution >= 0.6 is 0 Å². The first kappa shape index (κ1) is 20.6. The summed E-state index contributed by atoms with van der Waals surface area (Å²) < 4.78 is 10.5. The van der Waals surface area contributed by atoms with Crippen LogP contribution < -0.4 is 4.74 Å². The first-order chi connectivity index (χ1) is 14.0. The SMILES string of the molecule is CCOc1ccc(/C(O)=C2\C(=O)C(=O)N(CCOC)[C@H]2c2ccc(C)cc2)cc1. The molecular weight excluding hydrogens is 370 g/mol. The van der Waals surface area contributed by atoms with Gasteiger partial charge >= 0.3 is 0 Å². The van der Waals surface area contributed by atoms with E-state index in [4.69, 9.17) is 9.47 Å². The van der Waals surface area contributed by atoms with E-state index >= 15 is 0 Å². The van der Waals surface area contributed by atoms with Gasteiger partial charge in [-0.05, 0) is 43.7 Å². The van der Waals surface area contributed by atoms with E-state index in [0.717, 1.165) is 11.1 Å². The van der Waals surface area contributed by atoms with Crippen LogP contribution in [0.3, 0.4) is 0 Å². The van der Waals surface area contributed by atoms with Gasteiger partial charge in [0.2, 0.25) is 0 Å². The average Bonchev–Trinajstić information content (AvgIpc) is 2.98. The second-order valence-corrected chi connectivity index (χ2v) is 6.85. The second-order valence-electron chi connectivity index (χ2n) is 6.85. The van der Waals surface area contributed by atoms with Crippen molar-refractivity contribution in [3.05, 3.63) is 70.8 Å². The van der Waals surface area contributed by atoms with Gasteiger partial charge in [-0.25, -0.2) is 0 Å². The summed E-state index contributed by atoms with van der Waals surface area (Å²) in [6.07, 6.45) is 0. The third kappa shape index (κ3) is 4.17. The number of aliphatic hydroxyl groups excluding tert-OH is 1. The monoisotopic (exact) mass is 395 g/mol. The quantitative estimate of drug-likeness (QED) is 0.441. The van der Waals surface area contributed by atoms with Crippen molar-refractivity contribution in [2.75, 3.05) is 26.9 Å². The summed E-state index contributed by atoms with van der Waals surface area (Å²) in [5.41, 5.74) is 2.36. The van der Waals surface area contributed by atoms with E-state index in [0.29, 0.717) is 24.5 Å². The van der Waals surface area contributed by atoms with Crippen molar-refractivity contribution in [1.29, 1.82) is 0 Å². The fraction of sp³-hybridized carbons (Fsp3) is 0.304. The first-order valence-electron chi connectivity index (χ1n) is 9.55. The number of rotatable bonds is 7. The molecule has 152 valence electrons. The number of Topliss-reactive ketones (excluding diaryl/α,β-unsaturated/α-hetero) is 1. The van der Waals surface area contributed by atoms with Crippen LogP contribution in [0.2, 0.25) is 0 Å². The normalized spacial score (nSPS) is 18.3. The zero-order valence-electron chi connectivity index (χ0n) is 16.8. The van der Waals surface area contributed by atoms with E-state index < -0.39 is 17.7 Å². The summed E-state index contributed by atoms with van der Waals surface area (Å²) in [5.74, 6) is -0.866. The number of hydrogen-bond acceptors (Lipinski definition) is 5. The molecule has 1 saturated heterocycles. The number of hydrogen-bond donors (Lipinski definition) is 1. The smallest absolute Gasteiger partial charge is 0.295 e. The highest BCUT2D eigenvalue weighted by atomic mass is 16.5. The van der Waals surface area contributed by atoms with Crippen molar-refractivity contribution in [3.63, 3.8) is 0 Å². The minimum atomic E-state index is -0.696. The van der Waals surface area contributed by atoms with E-state index in [1.165, 1.54) is 12.0 Å². The van der Waals surface area contributed by atoms with Crippen LogP contribution in [-0.4, -0.2) is 48.6 Å². The van der Waals surface area contributed by atoms with Crippen molar-refractivity contribution in [1.82, 2.24) is 4.90 Å². The minimum Gasteiger partial charge on any atom is -0.507 e. The molecule has 1 heterocycles.